The summed E-state index contributed by atoms with van der Waals surface area (Å²) < 4.78 is 6.90. The van der Waals surface area contributed by atoms with Crippen molar-refractivity contribution in [2.45, 2.75) is 13.0 Å². The molecule has 1 N–H and O–H groups in total. The van der Waals surface area contributed by atoms with Crippen molar-refractivity contribution >= 4 is 0 Å². The Hall–Kier alpha value is -0.820. The van der Waals surface area contributed by atoms with Gasteiger partial charge in [-0.15, -0.1) is 0 Å². The summed E-state index contributed by atoms with van der Waals surface area (Å²) in [6.45, 7) is 0.0318. The largest absolute Gasteiger partial charge is 0.389 e. The molecule has 9 heavy (non-hydrogen) atoms. The van der Waals surface area contributed by atoms with E-state index in [9.17, 15) is 0 Å². The fraction of sp³-hybridized carbons (Fsp3) is 0.250. The molecule has 0 aromatic heterocycles. The molecule has 1 heteroatoms. The lowest BCUT2D eigenvalue weighted by atomic mass is 10.1. The third-order valence-electron chi connectivity index (χ3n) is 1.18. The second-order valence-corrected chi connectivity index (χ2v) is 1.93. The zero-order valence-corrected chi connectivity index (χ0v) is 5.12. The van der Waals surface area contributed by atoms with E-state index >= 15 is 0 Å². The molecule has 0 amide bonds. The molecular formula is C8H10O. The Kier molecular flexibility index (Phi) is 1.47. The molecular weight excluding hydrogens is 112 g/mol. The monoisotopic (exact) mass is 123 g/mol. The van der Waals surface area contributed by atoms with Crippen molar-refractivity contribution in [1.82, 2.24) is 0 Å². The summed E-state index contributed by atoms with van der Waals surface area (Å²) in [5, 5.41) is 9.14. The highest BCUT2D eigenvalue weighted by Crippen LogP contribution is 2.08. The molecule has 0 heterocycles. The van der Waals surface area contributed by atoms with Crippen LogP contribution in [-0.2, 0) is 0 Å². The van der Waals surface area contributed by atoms with Gasteiger partial charge in [0.25, 0.3) is 0 Å². The van der Waals surface area contributed by atoms with Gasteiger partial charge in [0.1, 0.15) is 0 Å². The van der Waals surface area contributed by atoms with Crippen LogP contribution in [0, 0.1) is 0 Å². The van der Waals surface area contributed by atoms with Crippen molar-refractivity contribution < 1.29 is 6.48 Å². The van der Waals surface area contributed by atoms with Crippen LogP contribution in [-0.4, -0.2) is 5.11 Å². The molecule has 1 aromatic rings. The van der Waals surface area contributed by atoms with Gasteiger partial charge in [-0.25, -0.2) is 0 Å². The van der Waals surface area contributed by atoms with Gasteiger partial charge in [0, 0.05) is 1.37 Å². The smallest absolute Gasteiger partial charge is 0.0761 e. The topological polar surface area (TPSA) is 20.2 Å². The van der Waals surface area contributed by atoms with Crippen LogP contribution in [0.1, 0.15) is 19.9 Å². The Balaban J connectivity index is 2.75. The van der Waals surface area contributed by atoms with E-state index in [1.54, 1.807) is 0 Å². The number of hydrogen-bond donors (Lipinski definition) is 1. The van der Waals surface area contributed by atoms with Crippen LogP contribution < -0.4 is 0 Å². The lowest BCUT2D eigenvalue weighted by Crippen LogP contribution is -1.87. The molecule has 1 atom stereocenters. The summed E-state index contributed by atoms with van der Waals surface area (Å²) in [6, 6.07) is 9.24. The molecule has 0 saturated heterocycles. The van der Waals surface area contributed by atoms with Gasteiger partial charge in [0.15, 0.2) is 0 Å². The molecule has 0 aliphatic heterocycles. The van der Waals surface area contributed by atoms with Crippen molar-refractivity contribution in [3.8, 4) is 0 Å². The Labute approximate surface area is 56.4 Å². The number of aliphatic hydroxyl groups excluding tert-OH is 1. The van der Waals surface area contributed by atoms with Gasteiger partial charge in [0.2, 0.25) is 0 Å². The van der Waals surface area contributed by atoms with E-state index < -0.39 is 6.10 Å². The van der Waals surface area contributed by atoms with Gasteiger partial charge >= 0.3 is 0 Å². The predicted octanol–water partition coefficient (Wildman–Crippen LogP) is 1.74. The summed E-state index contributed by atoms with van der Waals surface area (Å²) in [5.74, 6) is 0. The van der Waals surface area contributed by atoms with Crippen molar-refractivity contribution in [1.29, 1.82) is 0 Å². The zero-order valence-electron chi connectivity index (χ0n) is 6.12. The van der Waals surface area contributed by atoms with Crippen molar-refractivity contribution in [3.63, 3.8) is 0 Å². The Bertz CT molecular complexity index is 186. The third-order valence-corrected chi connectivity index (χ3v) is 1.18. The molecule has 0 bridgehead atoms. The van der Waals surface area contributed by atoms with E-state index in [4.69, 9.17) is 6.48 Å². The van der Waals surface area contributed by atoms with E-state index in [0.29, 0.717) is 0 Å². The first-order valence-corrected chi connectivity index (χ1v) is 2.87. The predicted molar refractivity (Wildman–Crippen MR) is 37.1 cm³/mol. The van der Waals surface area contributed by atoms with Gasteiger partial charge in [-0.2, -0.15) is 0 Å². The molecule has 1 aromatic carbocycles. The molecule has 0 aliphatic carbocycles. The van der Waals surface area contributed by atoms with E-state index in [1.165, 1.54) is 0 Å². The normalized spacial score (nSPS) is 14.6. The molecule has 1 rings (SSSR count). The molecule has 0 aliphatic rings. The molecule has 0 saturated carbocycles. The second-order valence-electron chi connectivity index (χ2n) is 1.93. The highest BCUT2D eigenvalue weighted by atomic mass is 16.3. The van der Waals surface area contributed by atoms with E-state index in [0.717, 1.165) is 5.56 Å². The fourth-order valence-electron chi connectivity index (χ4n) is 0.675. The Morgan fingerprint density at radius 3 is 2.67 bits per heavy atom. The maximum atomic E-state index is 9.14. The van der Waals surface area contributed by atoms with Gasteiger partial charge < -0.3 is 5.11 Å². The maximum Gasteiger partial charge on any atom is 0.0761 e. The highest BCUT2D eigenvalue weighted by molar-refractivity contribution is 5.16. The summed E-state index contributed by atoms with van der Waals surface area (Å²) in [5.41, 5.74) is 0.817. The Morgan fingerprint density at radius 1 is 1.44 bits per heavy atom. The number of aliphatic hydroxyl groups is 1. The average Bonchev–Trinajstić information content (AvgIpc) is 2.05. The van der Waals surface area contributed by atoms with Crippen LogP contribution in [0.4, 0.5) is 0 Å². The van der Waals surface area contributed by atoms with Crippen molar-refractivity contribution in [2.75, 3.05) is 0 Å². The molecule has 1 unspecified atom stereocenters. The van der Waals surface area contributed by atoms with Crippen LogP contribution >= 0.6 is 0 Å². The first kappa shape index (κ1) is 5.00. The minimum Gasteiger partial charge on any atom is -0.389 e. The van der Waals surface area contributed by atoms with E-state index in [-0.39, 0.29) is 6.90 Å². The summed E-state index contributed by atoms with van der Waals surface area (Å²) in [4.78, 5) is 0. The minimum atomic E-state index is -0.624. The van der Waals surface area contributed by atoms with E-state index in [1.807, 2.05) is 30.3 Å². The number of benzene rings is 1. The standard InChI is InChI=1S/C8H10O/c1-7(9)8-5-3-2-4-6-8/h2-7,9H,1H3/i1D. The molecule has 1 nitrogen and oxygen atoms in total. The quantitative estimate of drug-likeness (QED) is 0.603. The molecule has 0 fully saturated rings. The SMILES string of the molecule is [2H]CC(O)c1ccccc1. The van der Waals surface area contributed by atoms with Crippen LogP contribution in [0.3, 0.4) is 0 Å². The summed E-state index contributed by atoms with van der Waals surface area (Å²) in [6.07, 6.45) is -0.624. The second kappa shape index (κ2) is 2.65. The van der Waals surface area contributed by atoms with Gasteiger partial charge in [-0.05, 0) is 12.5 Å². The van der Waals surface area contributed by atoms with Crippen LogP contribution in [0.5, 0.6) is 0 Å². The summed E-state index contributed by atoms with van der Waals surface area (Å²) in [7, 11) is 0. The lowest BCUT2D eigenvalue weighted by molar-refractivity contribution is 0.199. The molecule has 0 radical (unpaired) electrons. The summed E-state index contributed by atoms with van der Waals surface area (Å²) >= 11 is 0. The van der Waals surface area contributed by atoms with Crippen molar-refractivity contribution in [2.24, 2.45) is 0 Å². The third kappa shape index (κ3) is 1.54. The van der Waals surface area contributed by atoms with Crippen molar-refractivity contribution in [3.05, 3.63) is 35.9 Å². The first-order valence-electron chi connectivity index (χ1n) is 3.57. The first-order chi connectivity index (χ1) is 4.84. The van der Waals surface area contributed by atoms with Crippen LogP contribution in [0.25, 0.3) is 0 Å². The molecule has 0 spiro atoms. The van der Waals surface area contributed by atoms with Gasteiger partial charge in [-0.3, -0.25) is 0 Å². The number of rotatable bonds is 1. The van der Waals surface area contributed by atoms with Crippen LogP contribution in [0.15, 0.2) is 30.3 Å². The Morgan fingerprint density at radius 2 is 2.11 bits per heavy atom. The van der Waals surface area contributed by atoms with Gasteiger partial charge in [0.05, 0.1) is 6.10 Å². The van der Waals surface area contributed by atoms with Gasteiger partial charge in [-0.1, -0.05) is 30.3 Å². The molecule has 48 valence electrons. The number of hydrogen-bond acceptors (Lipinski definition) is 1. The maximum absolute atomic E-state index is 9.14. The fourth-order valence-corrected chi connectivity index (χ4v) is 0.675. The average molecular weight is 123 g/mol. The minimum absolute atomic E-state index is 0.0318. The highest BCUT2D eigenvalue weighted by Gasteiger charge is 1.95. The lowest BCUT2D eigenvalue weighted by Gasteiger charge is -2.00. The van der Waals surface area contributed by atoms with Crippen LogP contribution in [0.2, 0.25) is 0 Å². The van der Waals surface area contributed by atoms with E-state index in [2.05, 4.69) is 0 Å². The zero-order chi connectivity index (χ0) is 7.40.